The highest BCUT2D eigenvalue weighted by Gasteiger charge is 2.60. The predicted molar refractivity (Wildman–Crippen MR) is 248 cm³/mol. The molecule has 5 atom stereocenters. The van der Waals surface area contributed by atoms with E-state index in [1.165, 1.54) is 48.5 Å². The number of aliphatic carboxylic acids is 1. The van der Waals surface area contributed by atoms with Crippen molar-refractivity contribution in [3.63, 3.8) is 0 Å². The third kappa shape index (κ3) is 18.3. The Bertz CT molecular complexity index is 2150. The van der Waals surface area contributed by atoms with Crippen LogP contribution in [0.25, 0.3) is 0 Å². The molecule has 0 spiro atoms. The van der Waals surface area contributed by atoms with Crippen LogP contribution in [0.4, 0.5) is 63.1 Å². The molecule has 2 N–H and O–H groups in total. The van der Waals surface area contributed by atoms with E-state index in [1.807, 2.05) is 0 Å². The number of hydrogen-bond acceptors (Lipinski definition) is 14. The maximum absolute atomic E-state index is 13.4. The van der Waals surface area contributed by atoms with Gasteiger partial charge in [0, 0.05) is 32.1 Å². The molecule has 0 aliphatic carbocycles. The molecule has 0 aromatic heterocycles. The molecule has 19 nitrogen and oxygen atoms in total. The number of carbonyl (C=O) groups is 9. The Balaban J connectivity index is 0.000000479. The Kier molecular flexibility index (Phi) is 21.3. The number of ketones is 4. The van der Waals surface area contributed by atoms with Crippen LogP contribution in [0.3, 0.4) is 0 Å². The molecule has 76 heavy (non-hydrogen) atoms. The fourth-order valence-corrected chi connectivity index (χ4v) is 8.25. The number of likely N-dealkylation sites (tertiary alicyclic amines) is 4. The fourth-order valence-electron chi connectivity index (χ4n) is 8.25. The van der Waals surface area contributed by atoms with Gasteiger partial charge in [-0.1, -0.05) is 0 Å². The van der Waals surface area contributed by atoms with Gasteiger partial charge < -0.3 is 24.1 Å². The molecule has 5 aliphatic rings. The Morgan fingerprint density at radius 2 is 0.829 bits per heavy atom. The molecule has 0 saturated carbocycles. The van der Waals surface area contributed by atoms with E-state index < -0.39 is 169 Å². The topological polar surface area (TPSA) is 236 Å². The van der Waals surface area contributed by atoms with Crippen molar-refractivity contribution in [2.45, 2.75) is 198 Å². The van der Waals surface area contributed by atoms with Crippen LogP contribution in [-0.2, 0) is 42.9 Å². The smallest absolute Gasteiger partial charge is 0.411 e. The summed E-state index contributed by atoms with van der Waals surface area (Å²) < 4.78 is 150. The van der Waals surface area contributed by atoms with Crippen LogP contribution in [0, 0.1) is 0 Å². The predicted octanol–water partition coefficient (Wildman–Crippen LogP) is 8.17. The molecule has 438 valence electrons. The van der Waals surface area contributed by atoms with Gasteiger partial charge in [-0.25, -0.2) is 67.9 Å². The number of hydrogen-bond donors (Lipinski definition) is 2. The number of ether oxygens (including phenoxy) is 4. The standard InChI is InChI=1S/C12H19F2NO3.C11H17F2NO3.C9H13F2NO3.C8H11F2NO4.C7H11F2NO/c1-8(16)11(5)6-12(13,14)7-15(11)9(17)18-10(2,3)4;1-7(15)8-5-11(12,13)6-14(8)9(16)17-10(2,3)4;1-6(13)8(2)4-9(10,11)5-12(8)7(14)15-3;1-7(5(12)13)3-8(9,10)4-11(7)6(14)15-2;1-5(11)6(2)3-7(8,9)4-10-6/h6-7H2,1-5H3;8H,5-6H2,1-4H3;4-5H2,1-3H3;3-4H2,1-2H3,(H,12,13);10H,3-4H2,1-2H3. The van der Waals surface area contributed by atoms with E-state index in [0.717, 1.165) is 35.8 Å². The van der Waals surface area contributed by atoms with E-state index >= 15 is 0 Å². The van der Waals surface area contributed by atoms with Crippen LogP contribution in [0.5, 0.6) is 0 Å². The summed E-state index contributed by atoms with van der Waals surface area (Å²) in [5.74, 6) is -18.1. The number of amides is 4. The number of rotatable bonds is 5. The lowest BCUT2D eigenvalue weighted by molar-refractivity contribution is -0.148. The summed E-state index contributed by atoms with van der Waals surface area (Å²) in [5.41, 5.74) is -7.43. The highest BCUT2D eigenvalue weighted by Crippen LogP contribution is 2.43. The number of Topliss-reactive ketones (excluding diaryl/α,β-unsaturated/α-hetero) is 4. The molecule has 5 heterocycles. The Morgan fingerprint density at radius 3 is 1.11 bits per heavy atom. The number of nitrogens with zero attached hydrogens (tertiary/aromatic N) is 4. The van der Waals surface area contributed by atoms with Crippen molar-refractivity contribution in [2.24, 2.45) is 0 Å². The number of nitrogens with one attached hydrogen (secondary N) is 1. The van der Waals surface area contributed by atoms with E-state index in [1.54, 1.807) is 41.5 Å². The molecule has 5 aliphatic heterocycles. The van der Waals surface area contributed by atoms with Crippen LogP contribution in [0.15, 0.2) is 0 Å². The maximum atomic E-state index is 13.4. The number of methoxy groups -OCH3 is 2. The van der Waals surface area contributed by atoms with E-state index in [0.29, 0.717) is 4.90 Å². The Morgan fingerprint density at radius 1 is 0.487 bits per heavy atom. The zero-order valence-corrected chi connectivity index (χ0v) is 45.5. The third-order valence-corrected chi connectivity index (χ3v) is 12.6. The first-order valence-corrected chi connectivity index (χ1v) is 23.3. The fraction of sp³-hybridized carbons (Fsp3) is 0.809. The van der Waals surface area contributed by atoms with Gasteiger partial charge in [0.15, 0.2) is 17.3 Å². The van der Waals surface area contributed by atoms with Crippen molar-refractivity contribution in [1.82, 2.24) is 24.9 Å². The normalized spacial score (nSPS) is 28.3. The van der Waals surface area contributed by atoms with Crippen molar-refractivity contribution < 1.29 is 111 Å². The van der Waals surface area contributed by atoms with Gasteiger partial charge in [-0.15, -0.1) is 0 Å². The maximum Gasteiger partial charge on any atom is 0.411 e. The molecule has 4 amide bonds. The molecule has 0 bridgehead atoms. The molecule has 5 unspecified atom stereocenters. The summed E-state index contributed by atoms with van der Waals surface area (Å²) in [6, 6.07) is -1.08. The number of carbonyl (C=O) groups excluding carboxylic acids is 8. The average molecular weight is 1120 g/mol. The highest BCUT2D eigenvalue weighted by atomic mass is 19.3. The lowest BCUT2D eigenvalue weighted by atomic mass is 9.93. The van der Waals surface area contributed by atoms with Crippen LogP contribution >= 0.6 is 0 Å². The monoisotopic (exact) mass is 1120 g/mol. The second-order valence-corrected chi connectivity index (χ2v) is 22.1. The van der Waals surface area contributed by atoms with Gasteiger partial charge in [-0.05, 0) is 96.9 Å². The van der Waals surface area contributed by atoms with Crippen LogP contribution in [0.2, 0.25) is 0 Å². The van der Waals surface area contributed by atoms with E-state index in [-0.39, 0.29) is 18.7 Å². The molecule has 29 heteroatoms. The van der Waals surface area contributed by atoms with Crippen molar-refractivity contribution in [1.29, 1.82) is 0 Å². The summed E-state index contributed by atoms with van der Waals surface area (Å²) >= 11 is 0. The van der Waals surface area contributed by atoms with Crippen molar-refractivity contribution in [3.05, 3.63) is 0 Å². The number of carboxylic acids is 1. The summed E-state index contributed by atoms with van der Waals surface area (Å²) in [6.45, 7) is 16.4. The lowest BCUT2D eigenvalue weighted by Gasteiger charge is -2.33. The summed E-state index contributed by atoms with van der Waals surface area (Å²) in [4.78, 5) is 105. The quantitative estimate of drug-likeness (QED) is 0.195. The minimum atomic E-state index is -3.19. The molecule has 0 aromatic carbocycles. The van der Waals surface area contributed by atoms with E-state index in [9.17, 15) is 87.1 Å². The highest BCUT2D eigenvalue weighted by molar-refractivity contribution is 5.91. The van der Waals surface area contributed by atoms with Gasteiger partial charge in [0.1, 0.15) is 33.6 Å². The lowest BCUT2D eigenvalue weighted by Crippen LogP contribution is -2.51. The summed E-state index contributed by atoms with van der Waals surface area (Å²) in [5, 5.41) is 11.4. The van der Waals surface area contributed by atoms with E-state index in [4.69, 9.17) is 14.6 Å². The molecule has 0 radical (unpaired) electrons. The van der Waals surface area contributed by atoms with Crippen LogP contribution in [-0.4, -0.2) is 194 Å². The van der Waals surface area contributed by atoms with Crippen LogP contribution in [0.1, 0.15) is 129 Å². The van der Waals surface area contributed by atoms with Gasteiger partial charge >= 0.3 is 30.3 Å². The SMILES string of the molecule is CC(=O)C1(C)CC(F)(F)CN1.CC(=O)C1(C)CC(F)(F)CN1C(=O)OC(C)(C)C.CC(=O)C1CC(F)(F)CN1C(=O)OC(C)(C)C.COC(=O)N1CC(F)(F)CC1(C)C(=O)O.COC(=O)N1CC(F)(F)CC1(C)C(C)=O. The van der Waals surface area contributed by atoms with Gasteiger partial charge in [0.25, 0.3) is 29.6 Å². The molecule has 5 saturated heterocycles. The molecule has 0 aromatic rings. The number of carboxylic acid groups (broad SMARTS) is 1. The Labute approximate surface area is 433 Å². The van der Waals surface area contributed by atoms with Gasteiger partial charge in [-0.3, -0.25) is 44.1 Å². The van der Waals surface area contributed by atoms with Gasteiger partial charge in [-0.2, -0.15) is 0 Å². The zero-order chi connectivity index (χ0) is 60.2. The first kappa shape index (κ1) is 68.5. The first-order valence-electron chi connectivity index (χ1n) is 23.3. The third-order valence-electron chi connectivity index (χ3n) is 12.6. The summed E-state index contributed by atoms with van der Waals surface area (Å²) in [6.07, 6.45) is -6.91. The molecule has 5 fully saturated rings. The van der Waals surface area contributed by atoms with Crippen molar-refractivity contribution in [3.8, 4) is 0 Å². The first-order chi connectivity index (χ1) is 33.7. The second-order valence-electron chi connectivity index (χ2n) is 22.1. The van der Waals surface area contributed by atoms with Gasteiger partial charge in [0.2, 0.25) is 0 Å². The van der Waals surface area contributed by atoms with E-state index in [2.05, 4.69) is 14.8 Å². The van der Waals surface area contributed by atoms with Gasteiger partial charge in [0.05, 0.1) is 58.5 Å². The summed E-state index contributed by atoms with van der Waals surface area (Å²) in [7, 11) is 2.11. The average Bonchev–Trinajstić information content (AvgIpc) is 3.96. The number of alkyl halides is 10. The second kappa shape index (κ2) is 23.6. The minimum Gasteiger partial charge on any atom is -0.480 e. The van der Waals surface area contributed by atoms with Crippen LogP contribution < -0.4 is 5.32 Å². The zero-order valence-electron chi connectivity index (χ0n) is 45.5. The largest absolute Gasteiger partial charge is 0.480 e. The number of halogens is 10. The molecular formula is C47H71F10N5O14. The van der Waals surface area contributed by atoms with Crippen molar-refractivity contribution in [2.75, 3.05) is 46.9 Å². The Hall–Kier alpha value is -5.51. The minimum absolute atomic E-state index is 0.227. The van der Waals surface area contributed by atoms with Crippen molar-refractivity contribution >= 4 is 53.5 Å². The molecular weight excluding hydrogens is 1050 g/mol. The molecule has 5 rings (SSSR count).